The summed E-state index contributed by atoms with van der Waals surface area (Å²) >= 11 is 3.35. The molecule has 2 unspecified atom stereocenters. The van der Waals surface area contributed by atoms with Crippen LogP contribution >= 0.6 is 11.6 Å². The molecule has 1 rings (SSSR count). The monoisotopic (exact) mass is 335 g/mol. The van der Waals surface area contributed by atoms with Crippen LogP contribution < -0.4 is 0 Å². The standard InChI is InChI=1S/C13H17ClO6S/c1-8(19-21(16)17)9-5-6-10(11(14)7-9)12(15)18-20-13(2,3)4/h5-8H,1-4H3,(H,16,17)/p-1. The molecule has 8 heteroatoms. The third-order valence-corrected chi connectivity index (χ3v) is 3.03. The predicted molar refractivity (Wildman–Crippen MR) is 76.1 cm³/mol. The molecule has 0 saturated heterocycles. The SMILES string of the molecule is CC(OS(=O)[O-])c1ccc(C(=O)OOC(C)(C)C)c(Cl)c1. The number of carbonyl (C=O) groups excluding carboxylic acids is 1. The number of benzene rings is 1. The van der Waals surface area contributed by atoms with E-state index in [4.69, 9.17) is 16.5 Å². The van der Waals surface area contributed by atoms with Crippen molar-refractivity contribution in [3.05, 3.63) is 34.3 Å². The van der Waals surface area contributed by atoms with Gasteiger partial charge in [-0.05, 0) is 45.4 Å². The number of rotatable bonds is 5. The first-order chi connectivity index (χ1) is 9.60. The molecule has 0 heterocycles. The van der Waals surface area contributed by atoms with E-state index in [0.29, 0.717) is 5.56 Å². The van der Waals surface area contributed by atoms with Crippen molar-refractivity contribution in [1.82, 2.24) is 0 Å². The van der Waals surface area contributed by atoms with E-state index in [2.05, 4.69) is 9.07 Å². The Labute approximate surface area is 130 Å². The van der Waals surface area contributed by atoms with Gasteiger partial charge in [-0.3, -0.25) is 9.07 Å². The summed E-state index contributed by atoms with van der Waals surface area (Å²) < 4.78 is 25.6. The predicted octanol–water partition coefficient (Wildman–Crippen LogP) is 3.10. The van der Waals surface area contributed by atoms with E-state index >= 15 is 0 Å². The fourth-order valence-electron chi connectivity index (χ4n) is 1.33. The van der Waals surface area contributed by atoms with Gasteiger partial charge in [0, 0.05) is 0 Å². The molecule has 0 aliphatic carbocycles. The number of hydrogen-bond acceptors (Lipinski definition) is 6. The highest BCUT2D eigenvalue weighted by atomic mass is 35.5. The normalized spacial score (nSPS) is 14.6. The Morgan fingerprint density at radius 2 is 2.00 bits per heavy atom. The van der Waals surface area contributed by atoms with E-state index in [0.717, 1.165) is 0 Å². The maximum absolute atomic E-state index is 11.8. The lowest BCUT2D eigenvalue weighted by Crippen LogP contribution is -2.22. The molecule has 0 bridgehead atoms. The molecule has 6 nitrogen and oxygen atoms in total. The summed E-state index contributed by atoms with van der Waals surface area (Å²) in [5.41, 5.74) is -0.0135. The first-order valence-electron chi connectivity index (χ1n) is 6.06. The molecule has 0 aliphatic heterocycles. The Morgan fingerprint density at radius 3 is 2.48 bits per heavy atom. The smallest absolute Gasteiger partial charge is 0.374 e. The van der Waals surface area contributed by atoms with Crippen LogP contribution in [0, 0.1) is 0 Å². The lowest BCUT2D eigenvalue weighted by atomic mass is 10.1. The van der Waals surface area contributed by atoms with Crippen molar-refractivity contribution < 1.29 is 27.5 Å². The lowest BCUT2D eigenvalue weighted by molar-refractivity contribution is -0.301. The minimum Gasteiger partial charge on any atom is -0.750 e. The van der Waals surface area contributed by atoms with E-state index in [1.54, 1.807) is 27.7 Å². The Hall–Kier alpha value is -0.990. The molecule has 0 spiro atoms. The van der Waals surface area contributed by atoms with Crippen LogP contribution in [0.15, 0.2) is 18.2 Å². The van der Waals surface area contributed by atoms with Gasteiger partial charge < -0.3 is 4.55 Å². The van der Waals surface area contributed by atoms with Crippen molar-refractivity contribution >= 4 is 28.9 Å². The summed E-state index contributed by atoms with van der Waals surface area (Å²) in [6.07, 6.45) is -0.711. The Balaban J connectivity index is 2.83. The van der Waals surface area contributed by atoms with E-state index in [-0.39, 0.29) is 10.6 Å². The zero-order valence-electron chi connectivity index (χ0n) is 12.0. The minimum absolute atomic E-state index is 0.111. The van der Waals surface area contributed by atoms with Crippen LogP contribution in [0.5, 0.6) is 0 Å². The average Bonchev–Trinajstić information content (AvgIpc) is 2.34. The van der Waals surface area contributed by atoms with Gasteiger partial charge in [-0.25, -0.2) is 9.00 Å². The van der Waals surface area contributed by atoms with Crippen LogP contribution in [-0.2, 0) is 25.3 Å². The number of halogens is 1. The highest BCUT2D eigenvalue weighted by Gasteiger charge is 2.19. The molecule has 0 aliphatic rings. The van der Waals surface area contributed by atoms with Crippen molar-refractivity contribution in [3.8, 4) is 0 Å². The lowest BCUT2D eigenvalue weighted by Gasteiger charge is -2.17. The summed E-state index contributed by atoms with van der Waals surface area (Å²) in [5, 5.41) is 0.113. The Morgan fingerprint density at radius 1 is 1.38 bits per heavy atom. The van der Waals surface area contributed by atoms with Gasteiger partial charge in [-0.15, -0.1) is 0 Å². The van der Waals surface area contributed by atoms with Gasteiger partial charge in [0.2, 0.25) is 0 Å². The highest BCUT2D eigenvalue weighted by Crippen LogP contribution is 2.25. The zero-order chi connectivity index (χ0) is 16.2. The first kappa shape index (κ1) is 18.1. The fraction of sp³-hybridized carbons (Fsp3) is 0.462. The molecule has 2 atom stereocenters. The molecule has 0 aromatic heterocycles. The van der Waals surface area contributed by atoms with Gasteiger partial charge in [0.15, 0.2) is 0 Å². The fourth-order valence-corrected chi connectivity index (χ4v) is 1.94. The number of carbonyl (C=O) groups is 1. The summed E-state index contributed by atoms with van der Waals surface area (Å²) in [4.78, 5) is 21.4. The molecular formula is C13H16ClO6S-. The Bertz CT molecular complexity index is 540. The van der Waals surface area contributed by atoms with Crippen LogP contribution in [0.4, 0.5) is 0 Å². The van der Waals surface area contributed by atoms with E-state index in [9.17, 15) is 13.6 Å². The molecule has 0 radical (unpaired) electrons. The third kappa shape index (κ3) is 6.11. The van der Waals surface area contributed by atoms with Crippen molar-refractivity contribution in [1.29, 1.82) is 0 Å². The summed E-state index contributed by atoms with van der Waals surface area (Å²) in [5.74, 6) is -0.734. The third-order valence-electron chi connectivity index (χ3n) is 2.27. The van der Waals surface area contributed by atoms with Gasteiger partial charge in [0.25, 0.3) is 0 Å². The average molecular weight is 336 g/mol. The molecule has 0 amide bonds. The van der Waals surface area contributed by atoms with Crippen molar-refractivity contribution in [3.63, 3.8) is 0 Å². The van der Waals surface area contributed by atoms with Crippen LogP contribution in [0.1, 0.15) is 49.7 Å². The molecule has 1 aromatic rings. The second kappa shape index (κ2) is 7.33. The van der Waals surface area contributed by atoms with Gasteiger partial charge in [0.1, 0.15) is 5.60 Å². The summed E-state index contributed by atoms with van der Waals surface area (Å²) in [6.45, 7) is 6.73. The maximum Gasteiger partial charge on any atom is 0.374 e. The van der Waals surface area contributed by atoms with Crippen LogP contribution in [0.25, 0.3) is 0 Å². The first-order valence-corrected chi connectivity index (χ1v) is 7.44. The Kier molecular flexibility index (Phi) is 6.30. The molecule has 1 aromatic carbocycles. The summed E-state index contributed by atoms with van der Waals surface area (Å²) in [7, 11) is 0. The molecule has 21 heavy (non-hydrogen) atoms. The van der Waals surface area contributed by atoms with E-state index in [1.807, 2.05) is 0 Å². The molecule has 0 fully saturated rings. The van der Waals surface area contributed by atoms with Crippen molar-refractivity contribution in [2.24, 2.45) is 0 Å². The minimum atomic E-state index is -2.63. The molecular weight excluding hydrogens is 320 g/mol. The van der Waals surface area contributed by atoms with Crippen LogP contribution in [-0.4, -0.2) is 20.3 Å². The molecule has 0 saturated carbocycles. The second-order valence-corrected chi connectivity index (χ2v) is 6.26. The van der Waals surface area contributed by atoms with Crippen molar-refractivity contribution in [2.75, 3.05) is 0 Å². The quantitative estimate of drug-likeness (QED) is 0.467. The van der Waals surface area contributed by atoms with Gasteiger partial charge in [-0.2, -0.15) is 4.89 Å². The van der Waals surface area contributed by atoms with Gasteiger partial charge >= 0.3 is 5.97 Å². The highest BCUT2D eigenvalue weighted by molar-refractivity contribution is 7.74. The van der Waals surface area contributed by atoms with Gasteiger partial charge in [0.05, 0.1) is 28.1 Å². The number of hydrogen-bond donors (Lipinski definition) is 0. The second-order valence-electron chi connectivity index (χ2n) is 5.25. The van der Waals surface area contributed by atoms with Crippen molar-refractivity contribution in [2.45, 2.75) is 39.4 Å². The summed E-state index contributed by atoms with van der Waals surface area (Å²) in [6, 6.07) is 4.38. The molecule has 0 N–H and O–H groups in total. The van der Waals surface area contributed by atoms with Crippen LogP contribution in [0.3, 0.4) is 0 Å². The van der Waals surface area contributed by atoms with Crippen LogP contribution in [0.2, 0.25) is 5.02 Å². The largest absolute Gasteiger partial charge is 0.750 e. The van der Waals surface area contributed by atoms with E-state index in [1.165, 1.54) is 18.2 Å². The topological polar surface area (TPSA) is 84.9 Å². The zero-order valence-corrected chi connectivity index (χ0v) is 13.6. The van der Waals surface area contributed by atoms with Gasteiger partial charge in [-0.1, -0.05) is 17.7 Å². The molecule has 118 valence electrons. The van der Waals surface area contributed by atoms with E-state index < -0.39 is 29.0 Å². The maximum atomic E-state index is 11.8.